The molecule has 3 rings (SSSR count). The first-order valence-corrected chi connectivity index (χ1v) is 8.88. The van der Waals surface area contributed by atoms with Crippen molar-refractivity contribution >= 4 is 41.3 Å². The zero-order chi connectivity index (χ0) is 13.6. The molecule has 0 amide bonds. The molecule has 0 aromatic carbocycles. The van der Waals surface area contributed by atoms with E-state index in [1.807, 2.05) is 11.3 Å². The lowest BCUT2D eigenvalue weighted by Crippen LogP contribution is -2.45. The number of nitrogens with zero attached hydrogens (tertiary/aromatic N) is 1. The van der Waals surface area contributed by atoms with Crippen molar-refractivity contribution < 1.29 is 0 Å². The quantitative estimate of drug-likeness (QED) is 0.431. The Morgan fingerprint density at radius 2 is 1.81 bits per heavy atom. The molecule has 1 aromatic rings. The van der Waals surface area contributed by atoms with Crippen LogP contribution in [0.2, 0.25) is 0 Å². The van der Waals surface area contributed by atoms with Gasteiger partial charge in [-0.25, -0.2) is 0 Å². The maximum Gasteiger partial charge on any atom is 0.191 e. The molecule has 0 unspecified atom stereocenters. The number of rotatable bonds is 5. The van der Waals surface area contributed by atoms with Gasteiger partial charge in [0.2, 0.25) is 0 Å². The molecule has 0 bridgehead atoms. The topological polar surface area (TPSA) is 36.4 Å². The molecular formula is C16H26IN3S. The SMILES string of the molecule is I.c1csc(CCN=C(NC2CCCCC2)NC2CC2)c1. The van der Waals surface area contributed by atoms with Crippen molar-refractivity contribution in [2.75, 3.05) is 6.54 Å². The summed E-state index contributed by atoms with van der Waals surface area (Å²) in [6.45, 7) is 0.884. The van der Waals surface area contributed by atoms with Gasteiger partial charge in [-0.15, -0.1) is 35.3 Å². The molecule has 0 saturated heterocycles. The summed E-state index contributed by atoms with van der Waals surface area (Å²) < 4.78 is 0. The number of hydrogen-bond acceptors (Lipinski definition) is 2. The van der Waals surface area contributed by atoms with Crippen molar-refractivity contribution in [1.82, 2.24) is 10.6 Å². The lowest BCUT2D eigenvalue weighted by Gasteiger charge is -2.25. The minimum absolute atomic E-state index is 0. The van der Waals surface area contributed by atoms with Crippen LogP contribution in [0.3, 0.4) is 0 Å². The summed E-state index contributed by atoms with van der Waals surface area (Å²) in [4.78, 5) is 6.20. The fraction of sp³-hybridized carbons (Fsp3) is 0.688. The molecule has 118 valence electrons. The van der Waals surface area contributed by atoms with Crippen LogP contribution in [-0.2, 0) is 6.42 Å². The molecule has 0 atom stereocenters. The Balaban J connectivity index is 0.00000161. The third-order valence-electron chi connectivity index (χ3n) is 4.07. The van der Waals surface area contributed by atoms with Gasteiger partial charge in [0, 0.05) is 29.9 Å². The molecule has 0 spiro atoms. The normalized spacial score (nSPS) is 19.9. The molecule has 2 aliphatic carbocycles. The number of nitrogens with one attached hydrogen (secondary N) is 2. The predicted octanol–water partition coefficient (Wildman–Crippen LogP) is 3.94. The van der Waals surface area contributed by atoms with Gasteiger partial charge in [-0.1, -0.05) is 25.3 Å². The molecule has 21 heavy (non-hydrogen) atoms. The first-order chi connectivity index (χ1) is 9.90. The Hall–Kier alpha value is -0.300. The van der Waals surface area contributed by atoms with Gasteiger partial charge >= 0.3 is 0 Å². The smallest absolute Gasteiger partial charge is 0.191 e. The van der Waals surface area contributed by atoms with E-state index in [-0.39, 0.29) is 24.0 Å². The second kappa shape index (κ2) is 8.98. The van der Waals surface area contributed by atoms with E-state index < -0.39 is 0 Å². The molecule has 1 aromatic heterocycles. The molecule has 1 heterocycles. The van der Waals surface area contributed by atoms with Crippen LogP contribution >= 0.6 is 35.3 Å². The second-order valence-corrected chi connectivity index (χ2v) is 6.99. The summed E-state index contributed by atoms with van der Waals surface area (Å²) in [7, 11) is 0. The van der Waals surface area contributed by atoms with Gasteiger partial charge in [0.1, 0.15) is 0 Å². The summed E-state index contributed by atoms with van der Waals surface area (Å²) in [5.41, 5.74) is 0. The maximum absolute atomic E-state index is 4.77. The van der Waals surface area contributed by atoms with Crippen LogP contribution in [0.4, 0.5) is 0 Å². The van der Waals surface area contributed by atoms with Gasteiger partial charge in [-0.2, -0.15) is 0 Å². The average Bonchev–Trinajstić information content (AvgIpc) is 3.13. The predicted molar refractivity (Wildman–Crippen MR) is 102 cm³/mol. The Labute approximate surface area is 149 Å². The highest BCUT2D eigenvalue weighted by Gasteiger charge is 2.23. The lowest BCUT2D eigenvalue weighted by atomic mass is 9.96. The van der Waals surface area contributed by atoms with E-state index in [0.717, 1.165) is 18.9 Å². The first-order valence-electron chi connectivity index (χ1n) is 8.00. The number of guanidine groups is 1. The molecular weight excluding hydrogens is 393 g/mol. The van der Waals surface area contributed by atoms with E-state index in [1.54, 1.807) is 0 Å². The summed E-state index contributed by atoms with van der Waals surface area (Å²) >= 11 is 1.83. The summed E-state index contributed by atoms with van der Waals surface area (Å²) in [6.07, 6.45) is 10.4. The minimum atomic E-state index is 0. The van der Waals surface area contributed by atoms with E-state index in [1.165, 1.54) is 49.8 Å². The lowest BCUT2D eigenvalue weighted by molar-refractivity contribution is 0.409. The Morgan fingerprint density at radius 3 is 2.43 bits per heavy atom. The highest BCUT2D eigenvalue weighted by molar-refractivity contribution is 14.0. The largest absolute Gasteiger partial charge is 0.354 e. The molecule has 3 nitrogen and oxygen atoms in total. The van der Waals surface area contributed by atoms with Crippen LogP contribution in [0, 0.1) is 0 Å². The number of halogens is 1. The van der Waals surface area contributed by atoms with Crippen LogP contribution < -0.4 is 10.6 Å². The van der Waals surface area contributed by atoms with Crippen molar-refractivity contribution in [2.45, 2.75) is 63.5 Å². The van der Waals surface area contributed by atoms with Gasteiger partial charge in [-0.3, -0.25) is 4.99 Å². The highest BCUT2D eigenvalue weighted by Crippen LogP contribution is 2.20. The Morgan fingerprint density at radius 1 is 1.10 bits per heavy atom. The van der Waals surface area contributed by atoms with Crippen molar-refractivity contribution in [3.8, 4) is 0 Å². The monoisotopic (exact) mass is 419 g/mol. The van der Waals surface area contributed by atoms with Crippen LogP contribution in [0.5, 0.6) is 0 Å². The summed E-state index contributed by atoms with van der Waals surface area (Å²) in [5.74, 6) is 1.05. The van der Waals surface area contributed by atoms with Crippen LogP contribution in [0.1, 0.15) is 49.8 Å². The number of thiophene rings is 1. The summed E-state index contributed by atoms with van der Waals surface area (Å²) in [5, 5.41) is 9.35. The highest BCUT2D eigenvalue weighted by atomic mass is 127. The van der Waals surface area contributed by atoms with E-state index in [0.29, 0.717) is 12.1 Å². The minimum Gasteiger partial charge on any atom is -0.354 e. The van der Waals surface area contributed by atoms with E-state index >= 15 is 0 Å². The zero-order valence-electron chi connectivity index (χ0n) is 12.5. The van der Waals surface area contributed by atoms with E-state index in [2.05, 4.69) is 28.1 Å². The van der Waals surface area contributed by atoms with Crippen molar-refractivity contribution in [3.63, 3.8) is 0 Å². The molecule has 2 fully saturated rings. The Bertz CT molecular complexity index is 423. The van der Waals surface area contributed by atoms with E-state index in [4.69, 9.17) is 4.99 Å². The van der Waals surface area contributed by atoms with Crippen LogP contribution in [0.25, 0.3) is 0 Å². The van der Waals surface area contributed by atoms with Crippen molar-refractivity contribution in [3.05, 3.63) is 22.4 Å². The maximum atomic E-state index is 4.77. The molecule has 0 radical (unpaired) electrons. The number of hydrogen-bond donors (Lipinski definition) is 2. The first kappa shape index (κ1) is 17.1. The fourth-order valence-corrected chi connectivity index (χ4v) is 3.43. The van der Waals surface area contributed by atoms with Gasteiger partial charge in [0.15, 0.2) is 5.96 Å². The third kappa shape index (κ3) is 6.14. The molecule has 2 N–H and O–H groups in total. The number of aliphatic imine (C=N–C) groups is 1. The van der Waals surface area contributed by atoms with Crippen molar-refractivity contribution in [1.29, 1.82) is 0 Å². The second-order valence-electron chi connectivity index (χ2n) is 5.96. The van der Waals surface area contributed by atoms with Crippen molar-refractivity contribution in [2.24, 2.45) is 4.99 Å². The van der Waals surface area contributed by atoms with E-state index in [9.17, 15) is 0 Å². The third-order valence-corrected chi connectivity index (χ3v) is 5.01. The molecule has 2 saturated carbocycles. The van der Waals surface area contributed by atoms with Gasteiger partial charge in [-0.05, 0) is 37.1 Å². The summed E-state index contributed by atoms with van der Waals surface area (Å²) in [6, 6.07) is 5.62. The van der Waals surface area contributed by atoms with Crippen LogP contribution in [0.15, 0.2) is 22.5 Å². The average molecular weight is 419 g/mol. The fourth-order valence-electron chi connectivity index (χ4n) is 2.73. The van der Waals surface area contributed by atoms with Gasteiger partial charge < -0.3 is 10.6 Å². The Kier molecular flexibility index (Phi) is 7.29. The standard InChI is InChI=1S/C16H25N3S.HI/c1-2-5-13(6-3-1)18-16(19-14-8-9-14)17-11-10-15-7-4-12-20-15;/h4,7,12-14H,1-3,5-6,8-11H2,(H2,17,18,19);1H. The zero-order valence-corrected chi connectivity index (χ0v) is 15.7. The van der Waals surface area contributed by atoms with Gasteiger partial charge in [0.25, 0.3) is 0 Å². The molecule has 0 aliphatic heterocycles. The molecule has 2 aliphatic rings. The van der Waals surface area contributed by atoms with Gasteiger partial charge in [0.05, 0.1) is 0 Å². The van der Waals surface area contributed by atoms with Crippen LogP contribution in [-0.4, -0.2) is 24.6 Å². The molecule has 5 heteroatoms.